The lowest BCUT2D eigenvalue weighted by molar-refractivity contribution is -0.130. The van der Waals surface area contributed by atoms with Crippen molar-refractivity contribution in [3.63, 3.8) is 0 Å². The smallest absolute Gasteiger partial charge is 0.336 e. The third kappa shape index (κ3) is 3.55. The Kier molecular flexibility index (Phi) is 4.17. The van der Waals surface area contributed by atoms with Crippen LogP contribution in [0, 0.1) is 6.92 Å². The maximum absolute atomic E-state index is 11.4. The quantitative estimate of drug-likeness (QED) is 0.674. The highest BCUT2D eigenvalue weighted by molar-refractivity contribution is 9.10. The van der Waals surface area contributed by atoms with E-state index in [1.54, 1.807) is 6.08 Å². The molecule has 2 aromatic rings. The molecule has 0 atom stereocenters. The molecule has 0 amide bonds. The minimum atomic E-state index is -0.927. The first-order chi connectivity index (χ1) is 9.06. The molecule has 2 rings (SSSR count). The normalized spacial score (nSPS) is 11.4. The Morgan fingerprint density at radius 3 is 2.42 bits per heavy atom. The van der Waals surface area contributed by atoms with Gasteiger partial charge in [0.25, 0.3) is 0 Å². The van der Waals surface area contributed by atoms with Crippen molar-refractivity contribution in [2.24, 2.45) is 0 Å². The van der Waals surface area contributed by atoms with Gasteiger partial charge in [-0.15, -0.1) is 0 Å². The van der Waals surface area contributed by atoms with E-state index in [9.17, 15) is 9.90 Å². The van der Waals surface area contributed by atoms with E-state index in [2.05, 4.69) is 15.9 Å². The number of aryl methyl sites for hydroxylation is 1. The van der Waals surface area contributed by atoms with E-state index in [0.717, 1.165) is 15.6 Å². The maximum atomic E-state index is 11.4. The zero-order valence-electron chi connectivity index (χ0n) is 10.4. The molecule has 19 heavy (non-hydrogen) atoms. The van der Waals surface area contributed by atoms with Gasteiger partial charge in [0.05, 0.1) is 5.57 Å². The molecule has 2 aromatic carbocycles. The molecule has 0 aromatic heterocycles. The summed E-state index contributed by atoms with van der Waals surface area (Å²) in [6.45, 7) is 1.97. The van der Waals surface area contributed by atoms with Crippen molar-refractivity contribution in [1.29, 1.82) is 0 Å². The second-order valence-electron chi connectivity index (χ2n) is 4.28. The van der Waals surface area contributed by atoms with E-state index < -0.39 is 5.97 Å². The molecule has 3 heteroatoms. The van der Waals surface area contributed by atoms with E-state index in [0.29, 0.717) is 5.56 Å². The fourth-order valence-corrected chi connectivity index (χ4v) is 2.18. The molecule has 0 unspecified atom stereocenters. The van der Waals surface area contributed by atoms with E-state index in [1.807, 2.05) is 55.5 Å². The van der Waals surface area contributed by atoms with Gasteiger partial charge in [-0.3, -0.25) is 0 Å². The number of hydrogen-bond acceptors (Lipinski definition) is 1. The van der Waals surface area contributed by atoms with Gasteiger partial charge in [-0.05, 0) is 36.3 Å². The van der Waals surface area contributed by atoms with Crippen LogP contribution in [-0.2, 0) is 4.79 Å². The largest absolute Gasteiger partial charge is 0.478 e. The Morgan fingerprint density at radius 2 is 1.84 bits per heavy atom. The summed E-state index contributed by atoms with van der Waals surface area (Å²) in [5.41, 5.74) is 2.96. The summed E-state index contributed by atoms with van der Waals surface area (Å²) in [5.74, 6) is -0.927. The average molecular weight is 317 g/mol. The van der Waals surface area contributed by atoms with Crippen molar-refractivity contribution < 1.29 is 9.90 Å². The number of carbonyl (C=O) groups is 1. The van der Waals surface area contributed by atoms with E-state index in [-0.39, 0.29) is 5.57 Å². The molecule has 1 N–H and O–H groups in total. The third-order valence-electron chi connectivity index (χ3n) is 2.75. The Bertz CT molecular complexity index is 627. The highest BCUT2D eigenvalue weighted by atomic mass is 79.9. The Hall–Kier alpha value is -1.87. The van der Waals surface area contributed by atoms with Gasteiger partial charge in [-0.1, -0.05) is 57.9 Å². The molecule has 0 bridgehead atoms. The zero-order chi connectivity index (χ0) is 13.8. The molecule has 0 heterocycles. The molecule has 0 aliphatic carbocycles. The Labute approximate surface area is 120 Å². The first-order valence-electron chi connectivity index (χ1n) is 5.84. The number of carboxylic acids is 1. The van der Waals surface area contributed by atoms with Crippen LogP contribution in [0.2, 0.25) is 0 Å². The van der Waals surface area contributed by atoms with Crippen LogP contribution in [0.3, 0.4) is 0 Å². The fraction of sp³-hybridized carbons (Fsp3) is 0.0625. The summed E-state index contributed by atoms with van der Waals surface area (Å²) in [7, 11) is 0. The van der Waals surface area contributed by atoms with Gasteiger partial charge < -0.3 is 5.11 Å². The molecule has 0 aliphatic heterocycles. The number of carboxylic acid groups (broad SMARTS) is 1. The molecule has 96 valence electrons. The van der Waals surface area contributed by atoms with Crippen LogP contribution in [0.5, 0.6) is 0 Å². The topological polar surface area (TPSA) is 37.3 Å². The van der Waals surface area contributed by atoms with E-state index >= 15 is 0 Å². The molecule has 0 fully saturated rings. The molecular formula is C16H13BrO2. The van der Waals surface area contributed by atoms with Crippen molar-refractivity contribution in [2.75, 3.05) is 0 Å². The van der Waals surface area contributed by atoms with Crippen molar-refractivity contribution >= 4 is 33.5 Å². The minimum absolute atomic E-state index is 0.290. The number of benzene rings is 2. The van der Waals surface area contributed by atoms with Gasteiger partial charge in [0.15, 0.2) is 0 Å². The van der Waals surface area contributed by atoms with Crippen LogP contribution in [0.25, 0.3) is 11.6 Å². The summed E-state index contributed by atoms with van der Waals surface area (Å²) in [5, 5.41) is 9.35. The summed E-state index contributed by atoms with van der Waals surface area (Å²) in [6, 6.07) is 15.0. The minimum Gasteiger partial charge on any atom is -0.478 e. The van der Waals surface area contributed by atoms with Crippen LogP contribution in [0.15, 0.2) is 53.0 Å². The van der Waals surface area contributed by atoms with Crippen LogP contribution >= 0.6 is 15.9 Å². The molecule has 0 aliphatic rings. The third-order valence-corrected chi connectivity index (χ3v) is 3.25. The van der Waals surface area contributed by atoms with Crippen molar-refractivity contribution in [2.45, 2.75) is 6.92 Å². The summed E-state index contributed by atoms with van der Waals surface area (Å²) in [6.07, 6.45) is 1.68. The Morgan fingerprint density at radius 1 is 1.16 bits per heavy atom. The Balaban J connectivity index is 2.46. The first kappa shape index (κ1) is 13.6. The van der Waals surface area contributed by atoms with Gasteiger partial charge in [0, 0.05) is 4.47 Å². The van der Waals surface area contributed by atoms with Crippen molar-refractivity contribution in [3.8, 4) is 0 Å². The molecule has 2 nitrogen and oxygen atoms in total. The van der Waals surface area contributed by atoms with Gasteiger partial charge in [0.1, 0.15) is 0 Å². The predicted octanol–water partition coefficient (Wildman–Crippen LogP) is 4.38. The SMILES string of the molecule is Cc1ccc(/C(=C/c2cccc(Br)c2)C(=O)O)cc1. The van der Waals surface area contributed by atoms with Crippen molar-refractivity contribution in [3.05, 3.63) is 69.7 Å². The highest BCUT2D eigenvalue weighted by Crippen LogP contribution is 2.21. The fourth-order valence-electron chi connectivity index (χ4n) is 1.76. The molecule has 0 saturated carbocycles. The number of halogens is 1. The number of hydrogen-bond donors (Lipinski definition) is 1. The average Bonchev–Trinajstić information content (AvgIpc) is 2.37. The predicted molar refractivity (Wildman–Crippen MR) is 80.8 cm³/mol. The van der Waals surface area contributed by atoms with Crippen LogP contribution in [0.1, 0.15) is 16.7 Å². The monoisotopic (exact) mass is 316 g/mol. The number of rotatable bonds is 3. The molecule has 0 spiro atoms. The number of aliphatic carboxylic acids is 1. The molecular weight excluding hydrogens is 304 g/mol. The lowest BCUT2D eigenvalue weighted by Crippen LogP contribution is -1.99. The summed E-state index contributed by atoms with van der Waals surface area (Å²) < 4.78 is 0.926. The van der Waals surface area contributed by atoms with E-state index in [1.165, 1.54) is 0 Å². The first-order valence-corrected chi connectivity index (χ1v) is 6.63. The zero-order valence-corrected chi connectivity index (χ0v) is 12.0. The van der Waals surface area contributed by atoms with Gasteiger partial charge in [-0.2, -0.15) is 0 Å². The summed E-state index contributed by atoms with van der Waals surface area (Å²) in [4.78, 5) is 11.4. The van der Waals surface area contributed by atoms with Crippen molar-refractivity contribution in [1.82, 2.24) is 0 Å². The van der Waals surface area contributed by atoms with Gasteiger partial charge in [0.2, 0.25) is 0 Å². The standard InChI is InChI=1S/C16H13BrO2/c1-11-5-7-13(8-6-11)15(16(18)19)10-12-3-2-4-14(17)9-12/h2-10H,1H3,(H,18,19)/b15-10-. The lowest BCUT2D eigenvalue weighted by Gasteiger charge is -2.04. The van der Waals surface area contributed by atoms with Crippen LogP contribution < -0.4 is 0 Å². The second kappa shape index (κ2) is 5.85. The van der Waals surface area contributed by atoms with Crippen LogP contribution in [0.4, 0.5) is 0 Å². The molecule has 0 saturated heterocycles. The summed E-state index contributed by atoms with van der Waals surface area (Å²) >= 11 is 3.38. The van der Waals surface area contributed by atoms with Gasteiger partial charge >= 0.3 is 5.97 Å². The van der Waals surface area contributed by atoms with Gasteiger partial charge in [-0.25, -0.2) is 4.79 Å². The molecule has 0 radical (unpaired) electrons. The van der Waals surface area contributed by atoms with Crippen LogP contribution in [-0.4, -0.2) is 11.1 Å². The second-order valence-corrected chi connectivity index (χ2v) is 5.20. The highest BCUT2D eigenvalue weighted by Gasteiger charge is 2.10. The lowest BCUT2D eigenvalue weighted by atomic mass is 10.0. The van der Waals surface area contributed by atoms with E-state index in [4.69, 9.17) is 0 Å². The maximum Gasteiger partial charge on any atom is 0.336 e.